The van der Waals surface area contributed by atoms with Crippen LogP contribution in [0.25, 0.3) is 0 Å². The van der Waals surface area contributed by atoms with Gasteiger partial charge in [-0.1, -0.05) is 19.3 Å². The zero-order chi connectivity index (χ0) is 18.0. The van der Waals surface area contributed by atoms with Crippen molar-refractivity contribution in [3.8, 4) is 0 Å². The third kappa shape index (κ3) is 5.07. The van der Waals surface area contributed by atoms with Gasteiger partial charge in [-0.05, 0) is 19.3 Å². The van der Waals surface area contributed by atoms with Gasteiger partial charge in [-0.25, -0.2) is 30.7 Å². The van der Waals surface area contributed by atoms with Crippen LogP contribution in [0.5, 0.6) is 0 Å². The molecule has 1 saturated carbocycles. The van der Waals surface area contributed by atoms with Crippen molar-refractivity contribution in [2.24, 2.45) is 0 Å². The molecule has 1 saturated heterocycles. The van der Waals surface area contributed by atoms with Crippen LogP contribution in [-0.4, -0.2) is 63.0 Å². The minimum absolute atomic E-state index is 0.0105. The Morgan fingerprint density at radius 2 is 1.71 bits per heavy atom. The Bertz CT molecular complexity index is 697. The van der Waals surface area contributed by atoms with Crippen molar-refractivity contribution in [3.63, 3.8) is 0 Å². The highest BCUT2D eigenvalue weighted by Crippen LogP contribution is 2.24. The maximum atomic E-state index is 12.3. The highest BCUT2D eigenvalue weighted by molar-refractivity contribution is 7.91. The first-order chi connectivity index (χ1) is 11.1. The summed E-state index contributed by atoms with van der Waals surface area (Å²) in [5.41, 5.74) is 0. The Hall–Kier alpha value is -1.36. The predicted molar refractivity (Wildman–Crippen MR) is 87.7 cm³/mol. The SMILES string of the molecule is CS(=O)(=O)N(C(=O)NC(=O)N[C@@H]1CCS(=O)(=O)C1)C1CCCCC1. The summed E-state index contributed by atoms with van der Waals surface area (Å²) in [4.78, 5) is 24.1. The first-order valence-corrected chi connectivity index (χ1v) is 11.6. The van der Waals surface area contributed by atoms with Crippen molar-refractivity contribution >= 4 is 31.9 Å². The highest BCUT2D eigenvalue weighted by atomic mass is 32.2. The number of carbonyl (C=O) groups is 2. The van der Waals surface area contributed by atoms with Gasteiger partial charge in [-0.2, -0.15) is 0 Å². The maximum absolute atomic E-state index is 12.3. The number of carbonyl (C=O) groups excluding carboxylic acids is 2. The van der Waals surface area contributed by atoms with E-state index in [2.05, 4.69) is 5.32 Å². The van der Waals surface area contributed by atoms with Crippen LogP contribution in [0.15, 0.2) is 0 Å². The Labute approximate surface area is 142 Å². The van der Waals surface area contributed by atoms with E-state index < -0.39 is 44.0 Å². The third-order valence-corrected chi connectivity index (χ3v) is 7.20. The van der Waals surface area contributed by atoms with E-state index in [9.17, 15) is 26.4 Å². The van der Waals surface area contributed by atoms with Gasteiger partial charge in [-0.15, -0.1) is 0 Å². The fourth-order valence-electron chi connectivity index (χ4n) is 3.19. The van der Waals surface area contributed by atoms with Gasteiger partial charge >= 0.3 is 12.1 Å². The molecule has 138 valence electrons. The standard InChI is InChI=1S/C13H23N3O6S2/c1-23(19,20)16(11-5-3-2-4-6-11)13(18)15-12(17)14-10-7-8-24(21,22)9-10/h10-11H,2-9H2,1H3,(H2,14,15,17,18)/t10-/m1/s1. The van der Waals surface area contributed by atoms with E-state index in [1.807, 2.05) is 5.32 Å². The van der Waals surface area contributed by atoms with Crippen LogP contribution < -0.4 is 10.6 Å². The van der Waals surface area contributed by atoms with E-state index in [0.29, 0.717) is 12.8 Å². The van der Waals surface area contributed by atoms with E-state index >= 15 is 0 Å². The van der Waals surface area contributed by atoms with Gasteiger partial charge in [-0.3, -0.25) is 5.32 Å². The first-order valence-electron chi connectivity index (χ1n) is 7.90. The highest BCUT2D eigenvalue weighted by Gasteiger charge is 2.34. The van der Waals surface area contributed by atoms with Crippen molar-refractivity contribution in [2.45, 2.75) is 50.6 Å². The quantitative estimate of drug-likeness (QED) is 0.718. The molecular weight excluding hydrogens is 358 g/mol. The summed E-state index contributed by atoms with van der Waals surface area (Å²) in [7, 11) is -6.97. The van der Waals surface area contributed by atoms with Crippen molar-refractivity contribution in [2.75, 3.05) is 17.8 Å². The second-order valence-corrected chi connectivity index (χ2v) is 10.4. The maximum Gasteiger partial charge on any atom is 0.339 e. The van der Waals surface area contributed by atoms with Crippen LogP contribution >= 0.6 is 0 Å². The molecule has 0 unspecified atom stereocenters. The van der Waals surface area contributed by atoms with Gasteiger partial charge in [0, 0.05) is 12.1 Å². The smallest absolute Gasteiger partial charge is 0.334 e. The summed E-state index contributed by atoms with van der Waals surface area (Å²) in [5, 5.41) is 4.40. The van der Waals surface area contributed by atoms with E-state index in [0.717, 1.165) is 29.8 Å². The van der Waals surface area contributed by atoms with Gasteiger partial charge in [0.05, 0.1) is 17.8 Å². The van der Waals surface area contributed by atoms with Crippen LogP contribution in [0.3, 0.4) is 0 Å². The fourth-order valence-corrected chi connectivity index (χ4v) is 5.96. The lowest BCUT2D eigenvalue weighted by Crippen LogP contribution is -2.54. The van der Waals surface area contributed by atoms with Crippen LogP contribution in [-0.2, 0) is 19.9 Å². The largest absolute Gasteiger partial charge is 0.339 e. The molecule has 9 nitrogen and oxygen atoms in total. The van der Waals surface area contributed by atoms with Gasteiger partial charge in [0.2, 0.25) is 10.0 Å². The molecule has 11 heteroatoms. The van der Waals surface area contributed by atoms with E-state index in [-0.39, 0.29) is 17.9 Å². The molecule has 0 bridgehead atoms. The van der Waals surface area contributed by atoms with Gasteiger partial charge < -0.3 is 5.32 Å². The molecule has 0 aromatic carbocycles. The van der Waals surface area contributed by atoms with E-state index in [1.165, 1.54) is 0 Å². The Morgan fingerprint density at radius 3 is 2.21 bits per heavy atom. The van der Waals surface area contributed by atoms with Gasteiger partial charge in [0.15, 0.2) is 9.84 Å². The fraction of sp³-hybridized carbons (Fsp3) is 0.846. The number of rotatable bonds is 3. The zero-order valence-electron chi connectivity index (χ0n) is 13.5. The van der Waals surface area contributed by atoms with Gasteiger partial charge in [0.25, 0.3) is 0 Å². The monoisotopic (exact) mass is 381 g/mol. The molecule has 2 rings (SSSR count). The number of imide groups is 1. The van der Waals surface area contributed by atoms with Crippen molar-refractivity contribution in [1.29, 1.82) is 0 Å². The average Bonchev–Trinajstić information content (AvgIpc) is 2.77. The van der Waals surface area contributed by atoms with Crippen LogP contribution in [0.2, 0.25) is 0 Å². The molecule has 4 amide bonds. The predicted octanol–water partition coefficient (Wildman–Crippen LogP) is 0.187. The van der Waals surface area contributed by atoms with Crippen LogP contribution in [0.1, 0.15) is 38.5 Å². The minimum Gasteiger partial charge on any atom is -0.334 e. The molecule has 1 aliphatic heterocycles. The van der Waals surface area contributed by atoms with Crippen molar-refractivity contribution in [1.82, 2.24) is 14.9 Å². The second kappa shape index (κ2) is 7.26. The van der Waals surface area contributed by atoms with E-state index in [4.69, 9.17) is 0 Å². The summed E-state index contributed by atoms with van der Waals surface area (Å²) in [6.07, 6.45) is 5.01. The molecule has 24 heavy (non-hydrogen) atoms. The number of sulfone groups is 1. The summed E-state index contributed by atoms with van der Waals surface area (Å²) >= 11 is 0. The Balaban J connectivity index is 1.98. The topological polar surface area (TPSA) is 130 Å². The molecule has 2 fully saturated rings. The molecule has 1 atom stereocenters. The second-order valence-electron chi connectivity index (χ2n) is 6.35. The molecule has 2 N–H and O–H groups in total. The molecule has 1 aliphatic carbocycles. The average molecular weight is 381 g/mol. The van der Waals surface area contributed by atoms with Crippen molar-refractivity contribution < 1.29 is 26.4 Å². The molecule has 0 aromatic heterocycles. The number of hydrogen-bond donors (Lipinski definition) is 2. The van der Waals surface area contributed by atoms with E-state index in [1.54, 1.807) is 0 Å². The third-order valence-electron chi connectivity index (χ3n) is 4.25. The lowest BCUT2D eigenvalue weighted by Gasteiger charge is -2.32. The molecule has 0 spiro atoms. The summed E-state index contributed by atoms with van der Waals surface area (Å²) < 4.78 is 47.3. The molecule has 1 heterocycles. The normalized spacial score (nSPS) is 24.3. The van der Waals surface area contributed by atoms with Crippen LogP contribution in [0.4, 0.5) is 9.59 Å². The lowest BCUT2D eigenvalue weighted by atomic mass is 9.96. The molecule has 0 radical (unpaired) electrons. The summed E-state index contributed by atoms with van der Waals surface area (Å²) in [6.45, 7) is 0. The Kier molecular flexibility index (Phi) is 5.74. The number of urea groups is 2. The first kappa shape index (κ1) is 19.0. The molecular formula is C13H23N3O6S2. The number of amides is 4. The number of nitrogens with zero attached hydrogens (tertiary/aromatic N) is 1. The summed E-state index contributed by atoms with van der Waals surface area (Å²) in [5.74, 6) is -0.184. The Morgan fingerprint density at radius 1 is 1.08 bits per heavy atom. The number of hydrogen-bond acceptors (Lipinski definition) is 6. The number of sulfonamides is 1. The van der Waals surface area contributed by atoms with Crippen LogP contribution in [0, 0.1) is 0 Å². The molecule has 0 aromatic rings. The van der Waals surface area contributed by atoms with Gasteiger partial charge in [0.1, 0.15) is 0 Å². The number of nitrogens with one attached hydrogen (secondary N) is 2. The lowest BCUT2D eigenvalue weighted by molar-refractivity contribution is 0.197. The van der Waals surface area contributed by atoms with Crippen molar-refractivity contribution in [3.05, 3.63) is 0 Å². The molecule has 2 aliphatic rings. The minimum atomic E-state index is -3.81. The zero-order valence-corrected chi connectivity index (χ0v) is 15.2. The summed E-state index contributed by atoms with van der Waals surface area (Å²) in [6, 6.07) is -2.90.